The van der Waals surface area contributed by atoms with Crippen LogP contribution in [0.4, 0.5) is 0 Å². The fourth-order valence-electron chi connectivity index (χ4n) is 3.48. The molecule has 32 heavy (non-hydrogen) atoms. The van der Waals surface area contributed by atoms with Crippen LogP contribution in [0.5, 0.6) is 5.75 Å². The highest BCUT2D eigenvalue weighted by molar-refractivity contribution is 6.30. The van der Waals surface area contributed by atoms with Gasteiger partial charge in [-0.25, -0.2) is 9.59 Å². The summed E-state index contributed by atoms with van der Waals surface area (Å²) in [5.74, 6) is -1.35. The van der Waals surface area contributed by atoms with E-state index in [4.69, 9.17) is 20.8 Å². The van der Waals surface area contributed by atoms with Crippen molar-refractivity contribution in [2.45, 2.75) is 39.2 Å². The highest BCUT2D eigenvalue weighted by atomic mass is 35.5. The Labute approximate surface area is 190 Å². The van der Waals surface area contributed by atoms with Crippen molar-refractivity contribution >= 4 is 34.4 Å². The lowest BCUT2D eigenvalue weighted by molar-refractivity contribution is -0.142. The monoisotopic (exact) mass is 457 g/mol. The van der Waals surface area contributed by atoms with E-state index in [2.05, 4.69) is 5.32 Å². The maximum atomic E-state index is 12.3. The molecule has 2 aromatic carbocycles. The van der Waals surface area contributed by atoms with Crippen molar-refractivity contribution < 1.29 is 23.8 Å². The van der Waals surface area contributed by atoms with Crippen LogP contribution in [0.2, 0.25) is 5.02 Å². The molecule has 8 heteroatoms. The highest BCUT2D eigenvalue weighted by Crippen LogP contribution is 2.29. The number of aliphatic carboxylic acids is 1. The summed E-state index contributed by atoms with van der Waals surface area (Å²) in [4.78, 5) is 35.9. The lowest BCUT2D eigenvalue weighted by atomic mass is 10.0. The number of amides is 1. The molecule has 0 unspecified atom stereocenters. The predicted octanol–water partition coefficient (Wildman–Crippen LogP) is 3.90. The largest absolute Gasteiger partial charge is 0.483 e. The lowest BCUT2D eigenvalue weighted by Crippen LogP contribution is -2.44. The van der Waals surface area contributed by atoms with E-state index in [1.165, 1.54) is 6.07 Å². The topological polar surface area (TPSA) is 106 Å². The van der Waals surface area contributed by atoms with Gasteiger partial charge in [0.2, 0.25) is 0 Å². The molecule has 0 aliphatic carbocycles. The van der Waals surface area contributed by atoms with Gasteiger partial charge in [-0.15, -0.1) is 0 Å². The fraction of sp³-hybridized carbons (Fsp3) is 0.292. The van der Waals surface area contributed by atoms with Gasteiger partial charge in [-0.3, -0.25) is 4.79 Å². The average molecular weight is 458 g/mol. The van der Waals surface area contributed by atoms with Crippen LogP contribution in [-0.2, 0) is 22.4 Å². The van der Waals surface area contributed by atoms with Crippen molar-refractivity contribution in [2.24, 2.45) is 0 Å². The molecule has 1 heterocycles. The lowest BCUT2D eigenvalue weighted by Gasteiger charge is -2.16. The molecule has 0 bridgehead atoms. The van der Waals surface area contributed by atoms with Crippen molar-refractivity contribution in [3.63, 3.8) is 0 Å². The standard InChI is InChI=1S/C24H24ClNO6/c1-3-4-16-12-22(28)32-23-14(2)20(10-9-18(16)23)31-13-21(27)26-19(24(29)30)11-15-5-7-17(25)8-6-15/h5-10,12,19H,3-4,11,13H2,1-2H3,(H,26,27)(H,29,30)/t19-/m1/s1. The van der Waals surface area contributed by atoms with Gasteiger partial charge in [0.15, 0.2) is 6.61 Å². The third-order valence-corrected chi connectivity index (χ3v) is 5.31. The summed E-state index contributed by atoms with van der Waals surface area (Å²) in [5.41, 5.74) is 2.21. The van der Waals surface area contributed by atoms with Crippen LogP contribution in [0.25, 0.3) is 11.0 Å². The maximum Gasteiger partial charge on any atom is 0.336 e. The first-order valence-corrected chi connectivity index (χ1v) is 10.6. The number of ether oxygens (including phenoxy) is 1. The molecular formula is C24H24ClNO6. The summed E-state index contributed by atoms with van der Waals surface area (Å²) in [6.07, 6.45) is 1.74. The van der Waals surface area contributed by atoms with Crippen LogP contribution in [-0.4, -0.2) is 29.6 Å². The van der Waals surface area contributed by atoms with E-state index in [0.29, 0.717) is 21.9 Å². The van der Waals surface area contributed by atoms with Gasteiger partial charge in [-0.2, -0.15) is 0 Å². The number of halogens is 1. The fourth-order valence-corrected chi connectivity index (χ4v) is 3.60. The molecule has 0 radical (unpaired) electrons. The van der Waals surface area contributed by atoms with Gasteiger partial charge < -0.3 is 19.6 Å². The first-order valence-electron chi connectivity index (χ1n) is 10.2. The molecular weight excluding hydrogens is 434 g/mol. The number of carbonyl (C=O) groups is 2. The van der Waals surface area contributed by atoms with Gasteiger partial charge in [-0.05, 0) is 48.7 Å². The number of fused-ring (bicyclic) bond motifs is 1. The second kappa shape index (κ2) is 10.3. The minimum atomic E-state index is -1.15. The minimum absolute atomic E-state index is 0.110. The Balaban J connectivity index is 1.70. The Hall–Kier alpha value is -3.32. The molecule has 0 fully saturated rings. The van der Waals surface area contributed by atoms with Gasteiger partial charge >= 0.3 is 11.6 Å². The third kappa shape index (κ3) is 5.68. The van der Waals surface area contributed by atoms with Crippen LogP contribution in [0.1, 0.15) is 30.0 Å². The molecule has 2 N–H and O–H groups in total. The number of nitrogens with one attached hydrogen (secondary N) is 1. The van der Waals surface area contributed by atoms with Crippen LogP contribution in [0.3, 0.4) is 0 Å². The number of carbonyl (C=O) groups excluding carboxylic acids is 1. The molecule has 168 valence electrons. The van der Waals surface area contributed by atoms with Crippen LogP contribution in [0, 0.1) is 6.92 Å². The molecule has 0 aliphatic rings. The summed E-state index contributed by atoms with van der Waals surface area (Å²) in [7, 11) is 0. The summed E-state index contributed by atoms with van der Waals surface area (Å²) < 4.78 is 11.0. The normalized spacial score (nSPS) is 11.8. The zero-order chi connectivity index (χ0) is 23.3. The van der Waals surface area contributed by atoms with E-state index >= 15 is 0 Å². The highest BCUT2D eigenvalue weighted by Gasteiger charge is 2.21. The van der Waals surface area contributed by atoms with Crippen molar-refractivity contribution in [1.82, 2.24) is 5.32 Å². The minimum Gasteiger partial charge on any atom is -0.483 e. The van der Waals surface area contributed by atoms with Gasteiger partial charge in [0.05, 0.1) is 0 Å². The molecule has 1 amide bonds. The summed E-state index contributed by atoms with van der Waals surface area (Å²) in [6.45, 7) is 3.39. The molecule has 3 aromatic rings. The van der Waals surface area contributed by atoms with E-state index in [1.807, 2.05) is 6.92 Å². The molecule has 0 saturated carbocycles. The van der Waals surface area contributed by atoms with E-state index in [9.17, 15) is 19.5 Å². The SMILES string of the molecule is CCCc1cc(=O)oc2c(C)c(OCC(=O)N[C@H](Cc3ccc(Cl)cc3)C(=O)O)ccc12. The molecule has 7 nitrogen and oxygen atoms in total. The van der Waals surface area contributed by atoms with E-state index in [1.54, 1.807) is 43.3 Å². The Morgan fingerprint density at radius 2 is 1.91 bits per heavy atom. The third-order valence-electron chi connectivity index (χ3n) is 5.06. The van der Waals surface area contributed by atoms with E-state index < -0.39 is 23.5 Å². The van der Waals surface area contributed by atoms with Gasteiger partial charge in [0.1, 0.15) is 17.4 Å². The Morgan fingerprint density at radius 3 is 2.56 bits per heavy atom. The predicted molar refractivity (Wildman–Crippen MR) is 121 cm³/mol. The number of carboxylic acid groups (broad SMARTS) is 1. The molecule has 1 aromatic heterocycles. The Kier molecular flexibility index (Phi) is 7.53. The van der Waals surface area contributed by atoms with Crippen molar-refractivity contribution in [2.75, 3.05) is 6.61 Å². The second-order valence-electron chi connectivity index (χ2n) is 7.48. The average Bonchev–Trinajstić information content (AvgIpc) is 2.75. The summed E-state index contributed by atoms with van der Waals surface area (Å²) >= 11 is 5.85. The quantitative estimate of drug-likeness (QED) is 0.472. The van der Waals surface area contributed by atoms with Crippen LogP contribution < -0.4 is 15.7 Å². The van der Waals surface area contributed by atoms with E-state index in [-0.39, 0.29) is 13.0 Å². The first kappa shape index (κ1) is 23.3. The van der Waals surface area contributed by atoms with Crippen LogP contribution >= 0.6 is 11.6 Å². The Morgan fingerprint density at radius 1 is 1.19 bits per heavy atom. The zero-order valence-electron chi connectivity index (χ0n) is 17.8. The smallest absolute Gasteiger partial charge is 0.336 e. The number of hydrogen-bond acceptors (Lipinski definition) is 5. The van der Waals surface area contributed by atoms with E-state index in [0.717, 1.165) is 29.4 Å². The number of benzene rings is 2. The molecule has 1 atom stereocenters. The zero-order valence-corrected chi connectivity index (χ0v) is 18.6. The maximum absolute atomic E-state index is 12.3. The molecule has 0 saturated heterocycles. The Bertz CT molecular complexity index is 1190. The number of carboxylic acids is 1. The van der Waals surface area contributed by atoms with Gasteiger partial charge in [-0.1, -0.05) is 37.1 Å². The summed E-state index contributed by atoms with van der Waals surface area (Å²) in [5, 5.41) is 13.3. The summed E-state index contributed by atoms with van der Waals surface area (Å²) in [6, 6.07) is 10.6. The van der Waals surface area contributed by atoms with Gasteiger partial charge in [0.25, 0.3) is 5.91 Å². The van der Waals surface area contributed by atoms with Crippen molar-refractivity contribution in [3.8, 4) is 5.75 Å². The van der Waals surface area contributed by atoms with Crippen molar-refractivity contribution in [3.05, 3.63) is 74.6 Å². The van der Waals surface area contributed by atoms with Gasteiger partial charge in [0, 0.05) is 28.5 Å². The second-order valence-corrected chi connectivity index (χ2v) is 7.92. The number of aryl methyl sites for hydroxylation is 2. The molecule has 0 spiro atoms. The molecule has 3 rings (SSSR count). The van der Waals surface area contributed by atoms with Crippen LogP contribution in [0.15, 0.2) is 51.7 Å². The first-order chi connectivity index (χ1) is 15.3. The van der Waals surface area contributed by atoms with Crippen molar-refractivity contribution in [1.29, 1.82) is 0 Å². The molecule has 0 aliphatic heterocycles. The number of rotatable bonds is 9. The number of hydrogen-bond donors (Lipinski definition) is 2.